The van der Waals surface area contributed by atoms with Gasteiger partial charge in [0, 0.05) is 13.5 Å². The van der Waals surface area contributed by atoms with Crippen LogP contribution in [-0.4, -0.2) is 17.9 Å². The van der Waals surface area contributed by atoms with E-state index in [9.17, 15) is 4.79 Å². The fraction of sp³-hybridized carbons (Fsp3) is 0.417. The van der Waals surface area contributed by atoms with Gasteiger partial charge in [0.15, 0.2) is 0 Å². The summed E-state index contributed by atoms with van der Waals surface area (Å²) in [6, 6.07) is 8.86. The standard InChI is InChI=1S/C12H13NO/c1-13-11(14)7-9-6-8-4-2-3-5-10(8)12(9)13/h2-5,9,12H,6-7H2,1H3. The Morgan fingerprint density at radius 2 is 2.07 bits per heavy atom. The number of likely N-dealkylation sites (tertiary alicyclic amines) is 1. The average molecular weight is 187 g/mol. The van der Waals surface area contributed by atoms with Crippen LogP contribution in [0.25, 0.3) is 0 Å². The van der Waals surface area contributed by atoms with Crippen LogP contribution in [-0.2, 0) is 11.2 Å². The second-order valence-electron chi connectivity index (χ2n) is 4.32. The van der Waals surface area contributed by atoms with Gasteiger partial charge in [-0.25, -0.2) is 0 Å². The van der Waals surface area contributed by atoms with Gasteiger partial charge in [-0.1, -0.05) is 24.3 Å². The Balaban J connectivity index is 2.09. The van der Waals surface area contributed by atoms with E-state index in [0.717, 1.165) is 12.8 Å². The lowest BCUT2D eigenvalue weighted by molar-refractivity contribution is -0.127. The molecule has 2 atom stereocenters. The van der Waals surface area contributed by atoms with Crippen molar-refractivity contribution in [2.45, 2.75) is 18.9 Å². The van der Waals surface area contributed by atoms with Crippen molar-refractivity contribution in [3.8, 4) is 0 Å². The number of nitrogens with zero attached hydrogens (tertiary/aromatic N) is 1. The summed E-state index contributed by atoms with van der Waals surface area (Å²) in [4.78, 5) is 13.4. The number of benzene rings is 1. The van der Waals surface area contributed by atoms with Crippen LogP contribution in [0.3, 0.4) is 0 Å². The van der Waals surface area contributed by atoms with Crippen molar-refractivity contribution < 1.29 is 4.79 Å². The average Bonchev–Trinajstić information content (AvgIpc) is 2.65. The van der Waals surface area contributed by atoms with Crippen LogP contribution >= 0.6 is 0 Å². The predicted molar refractivity (Wildman–Crippen MR) is 53.8 cm³/mol. The summed E-state index contributed by atoms with van der Waals surface area (Å²) in [7, 11) is 1.93. The molecule has 2 heteroatoms. The first-order valence-electron chi connectivity index (χ1n) is 5.11. The molecule has 1 saturated heterocycles. The van der Waals surface area contributed by atoms with Gasteiger partial charge in [0.2, 0.25) is 5.91 Å². The highest BCUT2D eigenvalue weighted by molar-refractivity contribution is 5.80. The van der Waals surface area contributed by atoms with Crippen LogP contribution in [0.5, 0.6) is 0 Å². The Morgan fingerprint density at radius 1 is 1.29 bits per heavy atom. The third kappa shape index (κ3) is 0.884. The van der Waals surface area contributed by atoms with Gasteiger partial charge in [-0.2, -0.15) is 0 Å². The molecule has 1 aliphatic heterocycles. The van der Waals surface area contributed by atoms with Crippen LogP contribution in [0.1, 0.15) is 23.6 Å². The molecule has 1 amide bonds. The van der Waals surface area contributed by atoms with Crippen molar-refractivity contribution in [3.63, 3.8) is 0 Å². The molecule has 2 aliphatic rings. The third-order valence-electron chi connectivity index (χ3n) is 3.55. The molecular formula is C12H13NO. The second kappa shape index (κ2) is 2.59. The van der Waals surface area contributed by atoms with Crippen LogP contribution in [0.4, 0.5) is 0 Å². The van der Waals surface area contributed by atoms with Crippen LogP contribution < -0.4 is 0 Å². The first-order chi connectivity index (χ1) is 6.77. The number of carbonyl (C=O) groups excluding carboxylic acids is 1. The Bertz CT molecular complexity index is 399. The van der Waals surface area contributed by atoms with E-state index in [0.29, 0.717) is 17.9 Å². The number of fused-ring (bicyclic) bond motifs is 3. The highest BCUT2D eigenvalue weighted by atomic mass is 16.2. The van der Waals surface area contributed by atoms with E-state index in [1.165, 1.54) is 11.1 Å². The molecule has 1 fully saturated rings. The summed E-state index contributed by atoms with van der Waals surface area (Å²) >= 11 is 0. The summed E-state index contributed by atoms with van der Waals surface area (Å²) in [5.74, 6) is 0.833. The van der Waals surface area contributed by atoms with Crippen molar-refractivity contribution in [1.82, 2.24) is 4.90 Å². The van der Waals surface area contributed by atoms with Gasteiger partial charge in [-0.15, -0.1) is 0 Å². The van der Waals surface area contributed by atoms with Gasteiger partial charge in [0.05, 0.1) is 6.04 Å². The quantitative estimate of drug-likeness (QED) is 0.606. The molecule has 0 bridgehead atoms. The molecular weight excluding hydrogens is 174 g/mol. The first kappa shape index (κ1) is 8.04. The highest BCUT2D eigenvalue weighted by Crippen LogP contribution is 2.45. The lowest BCUT2D eigenvalue weighted by atomic mass is 10.0. The number of hydrogen-bond donors (Lipinski definition) is 0. The van der Waals surface area contributed by atoms with Gasteiger partial charge in [0.25, 0.3) is 0 Å². The normalized spacial score (nSPS) is 29.2. The summed E-state index contributed by atoms with van der Waals surface area (Å²) in [5.41, 5.74) is 2.80. The van der Waals surface area contributed by atoms with E-state index in [2.05, 4.69) is 24.3 Å². The molecule has 72 valence electrons. The molecule has 0 N–H and O–H groups in total. The fourth-order valence-electron chi connectivity index (χ4n) is 2.89. The van der Waals surface area contributed by atoms with Crippen LogP contribution in [0.15, 0.2) is 24.3 Å². The number of carbonyl (C=O) groups is 1. The molecule has 0 saturated carbocycles. The Morgan fingerprint density at radius 3 is 2.93 bits per heavy atom. The molecule has 2 nitrogen and oxygen atoms in total. The monoisotopic (exact) mass is 187 g/mol. The van der Waals surface area contributed by atoms with Crippen molar-refractivity contribution in [3.05, 3.63) is 35.4 Å². The molecule has 1 heterocycles. The molecule has 3 rings (SSSR count). The fourth-order valence-corrected chi connectivity index (χ4v) is 2.89. The van der Waals surface area contributed by atoms with Gasteiger partial charge in [-0.3, -0.25) is 4.79 Å². The zero-order valence-corrected chi connectivity index (χ0v) is 8.23. The maximum Gasteiger partial charge on any atom is 0.223 e. The van der Waals surface area contributed by atoms with Crippen molar-refractivity contribution in [1.29, 1.82) is 0 Å². The third-order valence-corrected chi connectivity index (χ3v) is 3.55. The maximum atomic E-state index is 11.5. The molecule has 14 heavy (non-hydrogen) atoms. The number of rotatable bonds is 0. The SMILES string of the molecule is CN1C(=O)CC2Cc3ccccc3C21. The molecule has 1 aromatic rings. The first-order valence-corrected chi connectivity index (χ1v) is 5.11. The predicted octanol–water partition coefficient (Wildman–Crippen LogP) is 1.76. The zero-order chi connectivity index (χ0) is 9.71. The number of amides is 1. The summed E-state index contributed by atoms with van der Waals surface area (Å²) in [5, 5.41) is 0. The van der Waals surface area contributed by atoms with Gasteiger partial charge < -0.3 is 4.90 Å². The summed E-state index contributed by atoms with van der Waals surface area (Å²) < 4.78 is 0. The van der Waals surface area contributed by atoms with Crippen molar-refractivity contribution in [2.75, 3.05) is 7.05 Å². The minimum Gasteiger partial charge on any atom is -0.338 e. The van der Waals surface area contributed by atoms with E-state index in [1.54, 1.807) is 0 Å². The largest absolute Gasteiger partial charge is 0.338 e. The van der Waals surface area contributed by atoms with Gasteiger partial charge in [0.1, 0.15) is 0 Å². The van der Waals surface area contributed by atoms with E-state index in [1.807, 2.05) is 11.9 Å². The lowest BCUT2D eigenvalue weighted by Crippen LogP contribution is -2.22. The minimum absolute atomic E-state index is 0.300. The number of hydrogen-bond acceptors (Lipinski definition) is 1. The minimum atomic E-state index is 0.300. The van der Waals surface area contributed by atoms with Crippen molar-refractivity contribution >= 4 is 5.91 Å². The summed E-state index contributed by atoms with van der Waals surface area (Å²) in [6.07, 6.45) is 1.81. The summed E-state index contributed by atoms with van der Waals surface area (Å²) in [6.45, 7) is 0. The Kier molecular flexibility index (Phi) is 1.49. The van der Waals surface area contributed by atoms with E-state index >= 15 is 0 Å². The molecule has 0 spiro atoms. The molecule has 2 unspecified atom stereocenters. The zero-order valence-electron chi connectivity index (χ0n) is 8.23. The Labute approximate surface area is 83.5 Å². The van der Waals surface area contributed by atoms with E-state index in [4.69, 9.17) is 0 Å². The van der Waals surface area contributed by atoms with Crippen LogP contribution in [0, 0.1) is 5.92 Å². The van der Waals surface area contributed by atoms with E-state index in [-0.39, 0.29) is 0 Å². The highest BCUT2D eigenvalue weighted by Gasteiger charge is 2.43. The van der Waals surface area contributed by atoms with Gasteiger partial charge in [-0.05, 0) is 23.5 Å². The maximum absolute atomic E-state index is 11.5. The Hall–Kier alpha value is -1.31. The lowest BCUT2D eigenvalue weighted by Gasteiger charge is -2.19. The van der Waals surface area contributed by atoms with Gasteiger partial charge >= 0.3 is 0 Å². The van der Waals surface area contributed by atoms with Crippen molar-refractivity contribution in [2.24, 2.45) is 5.92 Å². The van der Waals surface area contributed by atoms with Crippen LogP contribution in [0.2, 0.25) is 0 Å². The molecule has 0 aromatic heterocycles. The molecule has 1 aromatic carbocycles. The second-order valence-corrected chi connectivity index (χ2v) is 4.32. The molecule has 0 radical (unpaired) electrons. The van der Waals surface area contributed by atoms with E-state index < -0.39 is 0 Å². The smallest absolute Gasteiger partial charge is 0.223 e. The topological polar surface area (TPSA) is 20.3 Å². The molecule has 1 aliphatic carbocycles.